The molecule has 5 nitrogen and oxygen atoms in total. The number of carbonyl (C=O) groups is 1. The first-order valence-corrected chi connectivity index (χ1v) is 9.25. The van der Waals surface area contributed by atoms with Gasteiger partial charge in [0.25, 0.3) is 5.91 Å². The number of carbonyl (C=O) groups excluding carboxylic acids is 1. The van der Waals surface area contributed by atoms with Crippen LogP contribution in [0.15, 0.2) is 42.5 Å². The van der Waals surface area contributed by atoms with Gasteiger partial charge in [0, 0.05) is 12.1 Å². The van der Waals surface area contributed by atoms with Gasteiger partial charge in [0.15, 0.2) is 11.5 Å². The number of rotatable bonds is 3. The van der Waals surface area contributed by atoms with Crippen molar-refractivity contribution in [2.24, 2.45) is 0 Å². The SMILES string of the molecule is N#Cc1cccc(Cn2nc3c(c2Cl)CCN(c2cccc(Cl)c2F)C3=O)c1. The molecule has 0 aliphatic carbocycles. The summed E-state index contributed by atoms with van der Waals surface area (Å²) in [5.74, 6) is -1.06. The first kappa shape index (κ1) is 18.5. The second-order valence-electron chi connectivity index (χ2n) is 6.37. The molecule has 1 aliphatic rings. The smallest absolute Gasteiger partial charge is 0.279 e. The second-order valence-corrected chi connectivity index (χ2v) is 7.13. The highest BCUT2D eigenvalue weighted by molar-refractivity contribution is 6.32. The third-order valence-corrected chi connectivity index (χ3v) is 5.34. The maximum Gasteiger partial charge on any atom is 0.279 e. The lowest BCUT2D eigenvalue weighted by molar-refractivity contribution is 0.0974. The maximum atomic E-state index is 14.4. The number of hydrogen-bond acceptors (Lipinski definition) is 3. The van der Waals surface area contributed by atoms with E-state index in [4.69, 9.17) is 28.5 Å². The number of amides is 1. The van der Waals surface area contributed by atoms with Gasteiger partial charge in [-0.05, 0) is 36.2 Å². The molecule has 0 spiro atoms. The van der Waals surface area contributed by atoms with Crippen LogP contribution in [0.1, 0.15) is 27.2 Å². The Bertz CT molecular complexity index is 1140. The normalized spacial score (nSPS) is 13.4. The van der Waals surface area contributed by atoms with Crippen molar-refractivity contribution in [1.29, 1.82) is 5.26 Å². The monoisotopic (exact) mass is 414 g/mol. The van der Waals surface area contributed by atoms with Gasteiger partial charge in [-0.3, -0.25) is 4.79 Å². The molecule has 2 aromatic carbocycles. The fourth-order valence-electron chi connectivity index (χ4n) is 3.27. The molecule has 3 aromatic rings. The van der Waals surface area contributed by atoms with Crippen molar-refractivity contribution in [2.45, 2.75) is 13.0 Å². The summed E-state index contributed by atoms with van der Waals surface area (Å²) in [5, 5.41) is 13.7. The molecule has 0 N–H and O–H groups in total. The zero-order valence-electron chi connectivity index (χ0n) is 14.5. The quantitative estimate of drug-likeness (QED) is 0.635. The van der Waals surface area contributed by atoms with Crippen molar-refractivity contribution in [3.8, 4) is 6.07 Å². The predicted octanol–water partition coefficient (Wildman–Crippen LogP) is 4.45. The molecular formula is C20H13Cl2FN4O. The molecule has 0 saturated carbocycles. The summed E-state index contributed by atoms with van der Waals surface area (Å²) in [6.07, 6.45) is 0.449. The predicted molar refractivity (Wildman–Crippen MR) is 104 cm³/mol. The lowest BCUT2D eigenvalue weighted by atomic mass is 10.1. The fourth-order valence-corrected chi connectivity index (χ4v) is 3.72. The van der Waals surface area contributed by atoms with Crippen molar-refractivity contribution in [3.05, 3.63) is 80.8 Å². The molecule has 0 saturated heterocycles. The van der Waals surface area contributed by atoms with E-state index in [9.17, 15) is 9.18 Å². The number of nitrogens with zero attached hydrogens (tertiary/aromatic N) is 4. The van der Waals surface area contributed by atoms with Crippen molar-refractivity contribution in [2.75, 3.05) is 11.4 Å². The minimum atomic E-state index is -0.639. The Labute approximate surface area is 170 Å². The van der Waals surface area contributed by atoms with Gasteiger partial charge in [0.1, 0.15) is 5.15 Å². The standard InChI is InChI=1S/C20H13Cl2FN4O/c21-15-5-2-6-16(17(15)23)26-8-7-14-18(20(26)28)25-27(19(14)22)11-13-4-1-3-12(9-13)10-24/h1-6,9H,7-8,11H2. The van der Waals surface area contributed by atoms with Crippen LogP contribution in [0.5, 0.6) is 0 Å². The van der Waals surface area contributed by atoms with Gasteiger partial charge in [-0.15, -0.1) is 0 Å². The Morgan fingerprint density at radius 2 is 2.00 bits per heavy atom. The molecular weight excluding hydrogens is 402 g/mol. The summed E-state index contributed by atoms with van der Waals surface area (Å²) < 4.78 is 15.9. The number of hydrogen-bond donors (Lipinski definition) is 0. The van der Waals surface area contributed by atoms with Crippen LogP contribution in [0, 0.1) is 17.1 Å². The summed E-state index contributed by atoms with van der Waals surface area (Å²) >= 11 is 12.3. The van der Waals surface area contributed by atoms with Crippen LogP contribution in [-0.4, -0.2) is 22.2 Å². The highest BCUT2D eigenvalue weighted by Gasteiger charge is 2.33. The van der Waals surface area contributed by atoms with Gasteiger partial charge in [0.05, 0.1) is 28.9 Å². The largest absolute Gasteiger partial charge is 0.304 e. The van der Waals surface area contributed by atoms with Gasteiger partial charge in [0.2, 0.25) is 0 Å². The van der Waals surface area contributed by atoms with Crippen molar-refractivity contribution in [1.82, 2.24) is 9.78 Å². The highest BCUT2D eigenvalue weighted by atomic mass is 35.5. The highest BCUT2D eigenvalue weighted by Crippen LogP contribution is 2.32. The molecule has 0 atom stereocenters. The van der Waals surface area contributed by atoms with E-state index in [1.54, 1.807) is 24.3 Å². The topological polar surface area (TPSA) is 61.9 Å². The van der Waals surface area contributed by atoms with Crippen LogP contribution in [-0.2, 0) is 13.0 Å². The molecule has 0 fully saturated rings. The molecule has 0 bridgehead atoms. The van der Waals surface area contributed by atoms with E-state index in [1.165, 1.54) is 21.7 Å². The minimum Gasteiger partial charge on any atom is -0.304 e. The van der Waals surface area contributed by atoms with Crippen molar-refractivity contribution >= 4 is 34.8 Å². The van der Waals surface area contributed by atoms with E-state index >= 15 is 0 Å². The Morgan fingerprint density at radius 3 is 2.79 bits per heavy atom. The molecule has 1 aliphatic heterocycles. The summed E-state index contributed by atoms with van der Waals surface area (Å²) in [6, 6.07) is 13.7. The number of nitriles is 1. The Kier molecular flexibility index (Phi) is 4.80. The second kappa shape index (κ2) is 7.27. The Morgan fingerprint density at radius 1 is 1.21 bits per heavy atom. The first-order chi connectivity index (χ1) is 13.5. The van der Waals surface area contributed by atoms with E-state index in [2.05, 4.69) is 11.2 Å². The molecule has 140 valence electrons. The molecule has 4 rings (SSSR count). The van der Waals surface area contributed by atoms with Gasteiger partial charge in [-0.25, -0.2) is 9.07 Å². The first-order valence-electron chi connectivity index (χ1n) is 8.49. The molecule has 0 radical (unpaired) electrons. The summed E-state index contributed by atoms with van der Waals surface area (Å²) in [5.41, 5.74) is 2.33. The van der Waals surface area contributed by atoms with E-state index in [-0.39, 0.29) is 22.9 Å². The van der Waals surface area contributed by atoms with Crippen LogP contribution in [0.4, 0.5) is 10.1 Å². The van der Waals surface area contributed by atoms with E-state index in [0.29, 0.717) is 29.2 Å². The minimum absolute atomic E-state index is 0.0444. The summed E-state index contributed by atoms with van der Waals surface area (Å²) in [7, 11) is 0. The average molecular weight is 415 g/mol. The molecule has 0 unspecified atom stereocenters. The molecule has 2 heterocycles. The van der Waals surface area contributed by atoms with Crippen LogP contribution in [0.2, 0.25) is 10.2 Å². The lowest BCUT2D eigenvalue weighted by Gasteiger charge is -2.26. The van der Waals surface area contributed by atoms with Crippen LogP contribution in [0.25, 0.3) is 0 Å². The molecule has 28 heavy (non-hydrogen) atoms. The van der Waals surface area contributed by atoms with Crippen molar-refractivity contribution in [3.63, 3.8) is 0 Å². The molecule has 1 amide bonds. The third-order valence-electron chi connectivity index (χ3n) is 4.63. The van der Waals surface area contributed by atoms with Gasteiger partial charge in [-0.2, -0.15) is 10.4 Å². The molecule has 1 aromatic heterocycles. The van der Waals surface area contributed by atoms with Crippen LogP contribution >= 0.6 is 23.2 Å². The Hall–Kier alpha value is -2.88. The third kappa shape index (κ3) is 3.13. The zero-order chi connectivity index (χ0) is 19.8. The van der Waals surface area contributed by atoms with Crippen LogP contribution in [0.3, 0.4) is 0 Å². The number of aromatic nitrogens is 2. The van der Waals surface area contributed by atoms with E-state index in [1.807, 2.05) is 6.07 Å². The lowest BCUT2D eigenvalue weighted by Crippen LogP contribution is -2.38. The van der Waals surface area contributed by atoms with Crippen molar-refractivity contribution < 1.29 is 9.18 Å². The van der Waals surface area contributed by atoms with E-state index in [0.717, 1.165) is 5.56 Å². The number of benzene rings is 2. The van der Waals surface area contributed by atoms with Gasteiger partial charge in [-0.1, -0.05) is 41.4 Å². The number of anilines is 1. The molecule has 8 heteroatoms. The summed E-state index contributed by atoms with van der Waals surface area (Å²) in [6.45, 7) is 0.596. The fraction of sp³-hybridized carbons (Fsp3) is 0.150. The maximum absolute atomic E-state index is 14.4. The average Bonchev–Trinajstić information content (AvgIpc) is 3.01. The van der Waals surface area contributed by atoms with Gasteiger partial charge >= 0.3 is 0 Å². The zero-order valence-corrected chi connectivity index (χ0v) is 16.0. The number of fused-ring (bicyclic) bond motifs is 1. The van der Waals surface area contributed by atoms with Crippen LogP contribution < -0.4 is 4.90 Å². The Balaban J connectivity index is 1.68. The summed E-state index contributed by atoms with van der Waals surface area (Å²) in [4.78, 5) is 14.3. The van der Waals surface area contributed by atoms with E-state index < -0.39 is 11.7 Å². The van der Waals surface area contributed by atoms with Gasteiger partial charge < -0.3 is 4.90 Å². The number of halogens is 3.